The number of hydrogen-bond donors (Lipinski definition) is 0. The van der Waals surface area contributed by atoms with E-state index in [1.54, 1.807) is 5.01 Å². The highest BCUT2D eigenvalue weighted by molar-refractivity contribution is 5.90. The summed E-state index contributed by atoms with van der Waals surface area (Å²) in [4.78, 5) is 2.28. The minimum atomic E-state index is 0.177. The molecule has 4 heteroatoms. The molecule has 1 atom stereocenters. The van der Waals surface area contributed by atoms with Gasteiger partial charge in [-0.3, -0.25) is 0 Å². The molecule has 0 bridgehead atoms. The fourth-order valence-corrected chi connectivity index (χ4v) is 2.85. The van der Waals surface area contributed by atoms with Crippen LogP contribution in [0.4, 0.5) is 0 Å². The van der Waals surface area contributed by atoms with Crippen LogP contribution in [-0.4, -0.2) is 42.4 Å². The van der Waals surface area contributed by atoms with Gasteiger partial charge in [0.1, 0.15) is 6.10 Å². The molecule has 21 heavy (non-hydrogen) atoms. The van der Waals surface area contributed by atoms with Crippen LogP contribution in [-0.2, 0) is 4.74 Å². The van der Waals surface area contributed by atoms with Crippen molar-refractivity contribution in [3.63, 3.8) is 0 Å². The fraction of sp³-hybridized carbons (Fsp3) is 0.353. The lowest BCUT2D eigenvalue weighted by Gasteiger charge is -2.33. The van der Waals surface area contributed by atoms with Gasteiger partial charge in [-0.15, -0.1) is 0 Å². The van der Waals surface area contributed by atoms with E-state index in [2.05, 4.69) is 30.2 Å². The number of piperidine rings is 1. The third-order valence-corrected chi connectivity index (χ3v) is 3.96. The van der Waals surface area contributed by atoms with Gasteiger partial charge in [-0.2, -0.15) is 5.10 Å². The van der Waals surface area contributed by atoms with E-state index < -0.39 is 0 Å². The number of rotatable bonds is 3. The Kier molecular flexibility index (Phi) is 3.80. The van der Waals surface area contributed by atoms with Crippen LogP contribution in [0.5, 0.6) is 0 Å². The largest absolute Gasteiger partial charge is 0.473 e. The molecule has 1 saturated heterocycles. The topological polar surface area (TPSA) is 28.1 Å². The average molecular weight is 283 g/mol. The van der Waals surface area contributed by atoms with Crippen molar-refractivity contribution in [2.75, 3.05) is 20.1 Å². The second-order valence-corrected chi connectivity index (χ2v) is 5.63. The van der Waals surface area contributed by atoms with Crippen molar-refractivity contribution in [1.82, 2.24) is 9.91 Å². The zero-order valence-electron chi connectivity index (χ0n) is 12.5. The van der Waals surface area contributed by atoms with Crippen molar-refractivity contribution in [3.8, 4) is 0 Å². The Morgan fingerprint density at radius 3 is 3.00 bits per heavy atom. The van der Waals surface area contributed by atoms with Gasteiger partial charge in [-0.25, -0.2) is 5.01 Å². The van der Waals surface area contributed by atoms with Crippen molar-refractivity contribution in [2.24, 2.45) is 5.10 Å². The van der Waals surface area contributed by atoms with E-state index in [1.165, 1.54) is 0 Å². The number of ether oxygens (including phenoxy) is 1. The van der Waals surface area contributed by atoms with Gasteiger partial charge < -0.3 is 9.64 Å². The van der Waals surface area contributed by atoms with Crippen LogP contribution in [0.15, 0.2) is 48.4 Å². The number of likely N-dealkylation sites (N-methyl/N-ethyl adjacent to an activating group) is 1. The molecule has 0 radical (unpaired) electrons. The van der Waals surface area contributed by atoms with Crippen LogP contribution in [0.1, 0.15) is 24.0 Å². The van der Waals surface area contributed by atoms with Crippen molar-refractivity contribution >= 4 is 11.9 Å². The Morgan fingerprint density at radius 1 is 1.38 bits per heavy atom. The quantitative estimate of drug-likeness (QED) is 0.798. The molecule has 4 nitrogen and oxygen atoms in total. The molecule has 0 aromatic heterocycles. The summed E-state index contributed by atoms with van der Waals surface area (Å²) in [5.74, 6) is 0.547. The number of nitrogens with zero attached hydrogens (tertiary/aromatic N) is 3. The molecule has 1 fully saturated rings. The molecule has 2 heterocycles. The third-order valence-electron chi connectivity index (χ3n) is 3.96. The molecule has 2 aliphatic rings. The van der Waals surface area contributed by atoms with E-state index in [0.29, 0.717) is 5.88 Å². The Hall–Kier alpha value is -2.07. The molecule has 1 aromatic carbocycles. The van der Waals surface area contributed by atoms with Gasteiger partial charge in [0.05, 0.1) is 11.9 Å². The minimum absolute atomic E-state index is 0.177. The summed E-state index contributed by atoms with van der Waals surface area (Å²) in [6.07, 6.45) is 4.22. The predicted molar refractivity (Wildman–Crippen MR) is 85.7 cm³/mol. The summed E-state index contributed by atoms with van der Waals surface area (Å²) < 4.78 is 6.00. The van der Waals surface area contributed by atoms with Gasteiger partial charge in [-0.05, 0) is 33.0 Å². The molecule has 3 rings (SSSR count). The maximum absolute atomic E-state index is 6.00. The summed E-state index contributed by atoms with van der Waals surface area (Å²) in [6, 6.07) is 8.07. The number of hydrazone groups is 1. The summed E-state index contributed by atoms with van der Waals surface area (Å²) >= 11 is 0. The lowest BCUT2D eigenvalue weighted by atomic mass is 10.0. The molecule has 110 valence electrons. The molecule has 0 spiro atoms. The molecule has 0 saturated carbocycles. The van der Waals surface area contributed by atoms with Crippen LogP contribution in [0, 0.1) is 0 Å². The smallest absolute Gasteiger partial charge is 0.207 e. The van der Waals surface area contributed by atoms with Gasteiger partial charge in [0, 0.05) is 17.7 Å². The van der Waals surface area contributed by atoms with E-state index in [-0.39, 0.29) is 6.10 Å². The first kappa shape index (κ1) is 13.9. The van der Waals surface area contributed by atoms with Gasteiger partial charge >= 0.3 is 0 Å². The molecular formula is C17H21N3O. The highest BCUT2D eigenvalue weighted by Crippen LogP contribution is 2.29. The number of benzene rings is 1. The van der Waals surface area contributed by atoms with Crippen LogP contribution in [0.25, 0.3) is 5.70 Å². The van der Waals surface area contributed by atoms with E-state index >= 15 is 0 Å². The summed E-state index contributed by atoms with van der Waals surface area (Å²) in [5, 5.41) is 6.10. The van der Waals surface area contributed by atoms with Crippen LogP contribution in [0.2, 0.25) is 0 Å². The lowest BCUT2D eigenvalue weighted by Crippen LogP contribution is -2.38. The maximum atomic E-state index is 6.00. The van der Waals surface area contributed by atoms with Gasteiger partial charge in [0.2, 0.25) is 5.88 Å². The lowest BCUT2D eigenvalue weighted by molar-refractivity contribution is 0.0230. The Balaban J connectivity index is 1.70. The third kappa shape index (κ3) is 2.85. The van der Waals surface area contributed by atoms with Crippen LogP contribution in [0.3, 0.4) is 0 Å². The van der Waals surface area contributed by atoms with Crippen LogP contribution >= 0.6 is 0 Å². The van der Waals surface area contributed by atoms with Crippen molar-refractivity contribution in [3.05, 3.63) is 54.4 Å². The Bertz CT molecular complexity index is 593. The monoisotopic (exact) mass is 283 g/mol. The molecule has 0 aliphatic carbocycles. The SMILES string of the molecule is C=C(OC1CCCN(C)C1)N1N=Cc2ccccc2C1=C. The highest BCUT2D eigenvalue weighted by atomic mass is 16.5. The zero-order chi connectivity index (χ0) is 14.8. The second kappa shape index (κ2) is 5.74. The van der Waals surface area contributed by atoms with Crippen LogP contribution < -0.4 is 0 Å². The Labute approximate surface area is 126 Å². The maximum Gasteiger partial charge on any atom is 0.207 e. The van der Waals surface area contributed by atoms with Crippen molar-refractivity contribution < 1.29 is 4.74 Å². The normalized spacial score (nSPS) is 22.0. The predicted octanol–water partition coefficient (Wildman–Crippen LogP) is 2.89. The van der Waals surface area contributed by atoms with Crippen molar-refractivity contribution in [1.29, 1.82) is 0 Å². The molecule has 0 amide bonds. The van der Waals surface area contributed by atoms with E-state index in [1.807, 2.05) is 30.5 Å². The number of likely N-dealkylation sites (tertiary alicyclic amines) is 1. The van der Waals surface area contributed by atoms with E-state index in [0.717, 1.165) is 42.8 Å². The first-order chi connectivity index (χ1) is 10.1. The number of fused-ring (bicyclic) bond motifs is 1. The summed E-state index contributed by atoms with van der Waals surface area (Å²) in [6.45, 7) is 10.2. The minimum Gasteiger partial charge on any atom is -0.473 e. The second-order valence-electron chi connectivity index (χ2n) is 5.63. The van der Waals surface area contributed by atoms with E-state index in [4.69, 9.17) is 4.74 Å². The Morgan fingerprint density at radius 2 is 2.19 bits per heavy atom. The summed E-state index contributed by atoms with van der Waals surface area (Å²) in [5.41, 5.74) is 2.95. The molecule has 1 unspecified atom stereocenters. The highest BCUT2D eigenvalue weighted by Gasteiger charge is 2.24. The number of hydrogen-bond acceptors (Lipinski definition) is 4. The molecule has 1 aromatic rings. The zero-order valence-corrected chi connectivity index (χ0v) is 12.5. The standard InChI is InChI=1S/C17H21N3O/c1-13-17-9-5-4-7-15(17)11-18-20(13)14(2)21-16-8-6-10-19(3)12-16/h4-5,7,9,11,16H,1-2,6,8,10,12H2,3H3. The summed E-state index contributed by atoms with van der Waals surface area (Å²) in [7, 11) is 2.12. The van der Waals surface area contributed by atoms with E-state index in [9.17, 15) is 0 Å². The first-order valence-corrected chi connectivity index (χ1v) is 7.31. The van der Waals surface area contributed by atoms with Gasteiger partial charge in [0.25, 0.3) is 0 Å². The van der Waals surface area contributed by atoms with Gasteiger partial charge in [0.15, 0.2) is 0 Å². The van der Waals surface area contributed by atoms with Crippen molar-refractivity contribution in [2.45, 2.75) is 18.9 Å². The van der Waals surface area contributed by atoms with Gasteiger partial charge in [-0.1, -0.05) is 30.8 Å². The molecule has 0 N–H and O–H groups in total. The molecule has 2 aliphatic heterocycles. The average Bonchev–Trinajstić information content (AvgIpc) is 2.48. The fourth-order valence-electron chi connectivity index (χ4n) is 2.85. The molecular weight excluding hydrogens is 262 g/mol. The first-order valence-electron chi connectivity index (χ1n) is 7.31.